The van der Waals surface area contributed by atoms with E-state index >= 15 is 0 Å². The second-order valence-electron chi connectivity index (χ2n) is 7.00. The Labute approximate surface area is 179 Å². The van der Waals surface area contributed by atoms with E-state index in [1.54, 1.807) is 18.5 Å². The van der Waals surface area contributed by atoms with E-state index in [0.29, 0.717) is 28.2 Å². The van der Waals surface area contributed by atoms with Crippen LogP contribution in [-0.2, 0) is 0 Å². The van der Waals surface area contributed by atoms with Crippen LogP contribution in [0.1, 0.15) is 0 Å². The Bertz CT molecular complexity index is 1380. The van der Waals surface area contributed by atoms with Crippen molar-refractivity contribution in [3.05, 3.63) is 120 Å². The van der Waals surface area contributed by atoms with E-state index in [2.05, 4.69) is 10.3 Å². The predicted octanol–water partition coefficient (Wildman–Crippen LogP) is 5.92. The molecule has 2 aromatic heterocycles. The van der Waals surface area contributed by atoms with Crippen molar-refractivity contribution in [1.29, 1.82) is 0 Å². The molecule has 5 aromatic rings. The van der Waals surface area contributed by atoms with Gasteiger partial charge in [-0.1, -0.05) is 54.6 Å². The Morgan fingerprint density at radius 1 is 0.774 bits per heavy atom. The highest BCUT2D eigenvalue weighted by Gasteiger charge is 2.16. The largest absolute Gasteiger partial charge is 0.454 e. The molecule has 2 heterocycles. The molecule has 3 aromatic carbocycles. The summed E-state index contributed by atoms with van der Waals surface area (Å²) in [6.07, 6.45) is 3.22. The van der Waals surface area contributed by atoms with Gasteiger partial charge in [0.1, 0.15) is 17.1 Å². The van der Waals surface area contributed by atoms with Crippen LogP contribution < -0.4 is 15.5 Å². The van der Waals surface area contributed by atoms with Crippen LogP contribution in [0.2, 0.25) is 0 Å². The number of pyridine rings is 2. The molecular weight excluding hydrogens is 386 g/mol. The van der Waals surface area contributed by atoms with Gasteiger partial charge in [0.15, 0.2) is 11.2 Å². The maximum Gasteiger partial charge on any atom is 0.193 e. The lowest BCUT2D eigenvalue weighted by Crippen LogP contribution is -2.13. The summed E-state index contributed by atoms with van der Waals surface area (Å²) in [5.74, 6) is 1.81. The average molecular weight is 405 g/mol. The minimum atomic E-state index is -0.133. The van der Waals surface area contributed by atoms with E-state index in [0.717, 1.165) is 11.4 Å². The summed E-state index contributed by atoms with van der Waals surface area (Å²) >= 11 is 0. The first-order valence-corrected chi connectivity index (χ1v) is 9.94. The lowest BCUT2D eigenvalue weighted by atomic mass is 10.2. The standard InChI is InChI=1S/C26H19N3O2/c30-23-16-25(28-19-10-4-1-5-11-19)29(20-12-6-2-7-13-20)26-22(23)17-27-18-24(26)31-21-14-8-3-9-15-21/h1-18,28H. The number of para-hydroxylation sites is 3. The van der Waals surface area contributed by atoms with Crippen molar-refractivity contribution >= 4 is 22.4 Å². The first kappa shape index (κ1) is 18.6. The van der Waals surface area contributed by atoms with Gasteiger partial charge in [-0.05, 0) is 36.4 Å². The lowest BCUT2D eigenvalue weighted by molar-refractivity contribution is 0.484. The summed E-state index contributed by atoms with van der Waals surface area (Å²) in [7, 11) is 0. The van der Waals surface area contributed by atoms with Gasteiger partial charge in [-0.2, -0.15) is 0 Å². The van der Waals surface area contributed by atoms with Gasteiger partial charge < -0.3 is 10.1 Å². The number of rotatable bonds is 5. The molecule has 0 aliphatic carbocycles. The van der Waals surface area contributed by atoms with Crippen LogP contribution in [-0.4, -0.2) is 9.55 Å². The summed E-state index contributed by atoms with van der Waals surface area (Å²) in [4.78, 5) is 17.3. The topological polar surface area (TPSA) is 56.2 Å². The summed E-state index contributed by atoms with van der Waals surface area (Å²) < 4.78 is 8.15. The molecule has 0 fully saturated rings. The monoisotopic (exact) mass is 405 g/mol. The number of hydrogen-bond donors (Lipinski definition) is 1. The summed E-state index contributed by atoms with van der Waals surface area (Å²) in [6, 6.07) is 30.7. The van der Waals surface area contributed by atoms with Crippen LogP contribution in [0.4, 0.5) is 11.5 Å². The number of nitrogens with one attached hydrogen (secondary N) is 1. The molecule has 5 nitrogen and oxygen atoms in total. The fraction of sp³-hybridized carbons (Fsp3) is 0. The van der Waals surface area contributed by atoms with E-state index < -0.39 is 0 Å². The molecule has 0 unspecified atom stereocenters. The Morgan fingerprint density at radius 2 is 1.42 bits per heavy atom. The van der Waals surface area contributed by atoms with Crippen molar-refractivity contribution in [1.82, 2.24) is 9.55 Å². The van der Waals surface area contributed by atoms with Gasteiger partial charge in [0, 0.05) is 23.6 Å². The third kappa shape index (κ3) is 3.76. The average Bonchev–Trinajstić information content (AvgIpc) is 2.82. The summed E-state index contributed by atoms with van der Waals surface area (Å²) in [5.41, 5.74) is 2.29. The SMILES string of the molecule is O=c1cc(Nc2ccccc2)n(-c2ccccc2)c2c(Oc3ccccc3)cncc12. The molecule has 5 rings (SSSR count). The van der Waals surface area contributed by atoms with Crippen molar-refractivity contribution in [3.63, 3.8) is 0 Å². The highest BCUT2D eigenvalue weighted by atomic mass is 16.5. The van der Waals surface area contributed by atoms with Gasteiger partial charge in [-0.25, -0.2) is 0 Å². The fourth-order valence-electron chi connectivity index (χ4n) is 3.53. The van der Waals surface area contributed by atoms with Crippen LogP contribution in [0.15, 0.2) is 114 Å². The number of nitrogens with zero attached hydrogens (tertiary/aromatic N) is 2. The molecule has 1 N–H and O–H groups in total. The molecule has 0 radical (unpaired) electrons. The van der Waals surface area contributed by atoms with Crippen LogP contribution in [0, 0.1) is 0 Å². The van der Waals surface area contributed by atoms with E-state index in [4.69, 9.17) is 4.74 Å². The van der Waals surface area contributed by atoms with Gasteiger partial charge in [0.05, 0.1) is 11.6 Å². The van der Waals surface area contributed by atoms with Crippen LogP contribution in [0.3, 0.4) is 0 Å². The molecule has 0 bridgehead atoms. The van der Waals surface area contributed by atoms with Crippen molar-refractivity contribution in [2.24, 2.45) is 0 Å². The zero-order valence-electron chi connectivity index (χ0n) is 16.6. The smallest absolute Gasteiger partial charge is 0.193 e. The second kappa shape index (κ2) is 8.16. The van der Waals surface area contributed by atoms with Crippen LogP contribution in [0.5, 0.6) is 11.5 Å². The van der Waals surface area contributed by atoms with Gasteiger partial charge >= 0.3 is 0 Å². The molecule has 0 aliphatic heterocycles. The predicted molar refractivity (Wildman–Crippen MR) is 124 cm³/mol. The first-order valence-electron chi connectivity index (χ1n) is 9.94. The van der Waals surface area contributed by atoms with Gasteiger partial charge in [-0.15, -0.1) is 0 Å². The maximum absolute atomic E-state index is 13.0. The quantitative estimate of drug-likeness (QED) is 0.394. The van der Waals surface area contributed by atoms with Crippen molar-refractivity contribution in [2.75, 3.05) is 5.32 Å². The summed E-state index contributed by atoms with van der Waals surface area (Å²) in [5, 5.41) is 3.86. The van der Waals surface area contributed by atoms with Gasteiger partial charge in [-0.3, -0.25) is 14.3 Å². The minimum Gasteiger partial charge on any atom is -0.454 e. The molecule has 0 atom stereocenters. The maximum atomic E-state index is 13.0. The molecule has 5 heteroatoms. The minimum absolute atomic E-state index is 0.133. The van der Waals surface area contributed by atoms with E-state index in [1.807, 2.05) is 95.6 Å². The highest BCUT2D eigenvalue weighted by molar-refractivity contribution is 5.88. The Hall–Kier alpha value is -4.38. The fourth-order valence-corrected chi connectivity index (χ4v) is 3.53. The number of fused-ring (bicyclic) bond motifs is 1. The second-order valence-corrected chi connectivity index (χ2v) is 7.00. The molecule has 0 amide bonds. The third-order valence-corrected chi connectivity index (χ3v) is 4.91. The zero-order valence-corrected chi connectivity index (χ0v) is 16.6. The molecular formula is C26H19N3O2. The van der Waals surface area contributed by atoms with Crippen LogP contribution >= 0.6 is 0 Å². The van der Waals surface area contributed by atoms with Crippen molar-refractivity contribution in [2.45, 2.75) is 0 Å². The number of aromatic nitrogens is 2. The Kier molecular flexibility index (Phi) is 4.91. The molecule has 0 saturated carbocycles. The zero-order chi connectivity index (χ0) is 21.0. The Balaban J connectivity index is 1.79. The van der Waals surface area contributed by atoms with Crippen LogP contribution in [0.25, 0.3) is 16.6 Å². The number of benzene rings is 3. The molecule has 0 aliphatic rings. The highest BCUT2D eigenvalue weighted by Crippen LogP contribution is 2.32. The van der Waals surface area contributed by atoms with E-state index in [-0.39, 0.29) is 5.43 Å². The van der Waals surface area contributed by atoms with Crippen molar-refractivity contribution in [3.8, 4) is 17.2 Å². The van der Waals surface area contributed by atoms with Gasteiger partial charge in [0.2, 0.25) is 0 Å². The molecule has 150 valence electrons. The number of hydrogen-bond acceptors (Lipinski definition) is 4. The number of anilines is 2. The van der Waals surface area contributed by atoms with E-state index in [9.17, 15) is 4.79 Å². The lowest BCUT2D eigenvalue weighted by Gasteiger charge is -2.20. The van der Waals surface area contributed by atoms with Crippen molar-refractivity contribution < 1.29 is 4.74 Å². The first-order chi connectivity index (χ1) is 15.3. The molecule has 0 spiro atoms. The van der Waals surface area contributed by atoms with E-state index in [1.165, 1.54) is 0 Å². The summed E-state index contributed by atoms with van der Waals surface area (Å²) in [6.45, 7) is 0. The Morgan fingerprint density at radius 3 is 2.13 bits per heavy atom. The number of ether oxygens (including phenoxy) is 1. The molecule has 31 heavy (non-hydrogen) atoms. The van der Waals surface area contributed by atoms with Gasteiger partial charge in [0.25, 0.3) is 0 Å². The normalized spacial score (nSPS) is 10.7. The molecule has 0 saturated heterocycles. The third-order valence-electron chi connectivity index (χ3n) is 4.91.